The number of methoxy groups -OCH3 is 1. The summed E-state index contributed by atoms with van der Waals surface area (Å²) < 4.78 is 5.17. The van der Waals surface area contributed by atoms with Crippen LogP contribution in [0.4, 0.5) is 5.69 Å². The number of anilines is 1. The topological polar surface area (TPSA) is 58.6 Å². The van der Waals surface area contributed by atoms with Crippen molar-refractivity contribution in [2.24, 2.45) is 0 Å². The highest BCUT2D eigenvalue weighted by Crippen LogP contribution is 2.30. The summed E-state index contributed by atoms with van der Waals surface area (Å²) >= 11 is 5.97. The molecule has 2 N–H and O–H groups in total. The fourth-order valence-electron chi connectivity index (χ4n) is 1.30. The van der Waals surface area contributed by atoms with Crippen LogP contribution in [0.3, 0.4) is 0 Å². The molecule has 5 heteroatoms. The van der Waals surface area contributed by atoms with Gasteiger partial charge < -0.3 is 15.2 Å². The first kappa shape index (κ1) is 13.4. The van der Waals surface area contributed by atoms with E-state index in [1.807, 2.05) is 13.0 Å². The minimum Gasteiger partial charge on any atom is -0.495 e. The smallest absolute Gasteiger partial charge is 0.328 e. The SMILES string of the molecule is COc1cc(Cl)c(C)cc1NC/C=C/C(=O)O. The molecular formula is C12H14ClNO3. The third kappa shape index (κ3) is 4.00. The Morgan fingerprint density at radius 3 is 2.88 bits per heavy atom. The number of carboxylic acid groups (broad SMARTS) is 1. The van der Waals surface area contributed by atoms with Crippen LogP contribution in [0.1, 0.15) is 5.56 Å². The Morgan fingerprint density at radius 2 is 2.29 bits per heavy atom. The lowest BCUT2D eigenvalue weighted by Gasteiger charge is -2.11. The number of hydrogen-bond acceptors (Lipinski definition) is 3. The molecule has 1 aromatic rings. The molecular weight excluding hydrogens is 242 g/mol. The molecule has 17 heavy (non-hydrogen) atoms. The molecule has 0 saturated carbocycles. The Labute approximate surface area is 105 Å². The zero-order valence-corrected chi connectivity index (χ0v) is 10.4. The summed E-state index contributed by atoms with van der Waals surface area (Å²) in [6.45, 7) is 2.30. The van der Waals surface area contributed by atoms with Crippen molar-refractivity contribution in [1.82, 2.24) is 0 Å². The van der Waals surface area contributed by atoms with Crippen molar-refractivity contribution in [3.05, 3.63) is 34.9 Å². The highest BCUT2D eigenvalue weighted by molar-refractivity contribution is 6.31. The Morgan fingerprint density at radius 1 is 1.59 bits per heavy atom. The largest absolute Gasteiger partial charge is 0.495 e. The molecule has 0 heterocycles. The van der Waals surface area contributed by atoms with E-state index in [9.17, 15) is 4.79 Å². The predicted molar refractivity (Wildman–Crippen MR) is 68.0 cm³/mol. The Kier molecular flexibility index (Phi) is 4.84. The van der Waals surface area contributed by atoms with Crippen LogP contribution in [-0.2, 0) is 4.79 Å². The zero-order chi connectivity index (χ0) is 12.8. The molecule has 0 bridgehead atoms. The maximum Gasteiger partial charge on any atom is 0.328 e. The van der Waals surface area contributed by atoms with Crippen LogP contribution in [0, 0.1) is 6.92 Å². The first-order valence-electron chi connectivity index (χ1n) is 5.02. The number of halogens is 1. The number of hydrogen-bond donors (Lipinski definition) is 2. The molecule has 0 amide bonds. The van der Waals surface area contributed by atoms with Crippen LogP contribution < -0.4 is 10.1 Å². The number of benzene rings is 1. The van der Waals surface area contributed by atoms with Gasteiger partial charge in [0.25, 0.3) is 0 Å². The first-order valence-corrected chi connectivity index (χ1v) is 5.40. The number of nitrogens with one attached hydrogen (secondary N) is 1. The summed E-state index contributed by atoms with van der Waals surface area (Å²) in [5, 5.41) is 12.1. The van der Waals surface area contributed by atoms with Crippen LogP contribution in [-0.4, -0.2) is 24.7 Å². The van der Waals surface area contributed by atoms with Crippen molar-refractivity contribution in [2.75, 3.05) is 19.0 Å². The third-order valence-electron chi connectivity index (χ3n) is 2.15. The second-order valence-electron chi connectivity index (χ2n) is 3.42. The van der Waals surface area contributed by atoms with Crippen molar-refractivity contribution < 1.29 is 14.6 Å². The van der Waals surface area contributed by atoms with E-state index in [1.165, 1.54) is 6.08 Å². The second-order valence-corrected chi connectivity index (χ2v) is 3.83. The monoisotopic (exact) mass is 255 g/mol. The van der Waals surface area contributed by atoms with E-state index in [1.54, 1.807) is 13.2 Å². The molecule has 1 aromatic carbocycles. The molecule has 4 nitrogen and oxygen atoms in total. The lowest BCUT2D eigenvalue weighted by atomic mass is 10.2. The minimum atomic E-state index is -0.967. The number of aryl methyl sites for hydroxylation is 1. The summed E-state index contributed by atoms with van der Waals surface area (Å²) in [5.41, 5.74) is 1.71. The average Bonchev–Trinajstić information content (AvgIpc) is 2.28. The quantitative estimate of drug-likeness (QED) is 0.795. The maximum absolute atomic E-state index is 10.3. The van der Waals surface area contributed by atoms with Gasteiger partial charge in [0.2, 0.25) is 0 Å². The summed E-state index contributed by atoms with van der Waals surface area (Å²) in [6, 6.07) is 3.58. The molecule has 0 fully saturated rings. The van der Waals surface area contributed by atoms with Gasteiger partial charge in [-0.1, -0.05) is 17.7 Å². The van der Waals surface area contributed by atoms with E-state index in [4.69, 9.17) is 21.4 Å². The van der Waals surface area contributed by atoms with Gasteiger partial charge in [0.15, 0.2) is 0 Å². The van der Waals surface area contributed by atoms with Gasteiger partial charge in [0, 0.05) is 23.7 Å². The molecule has 0 aliphatic rings. The third-order valence-corrected chi connectivity index (χ3v) is 2.56. The normalized spacial score (nSPS) is 10.5. The van der Waals surface area contributed by atoms with Crippen molar-refractivity contribution in [3.8, 4) is 5.75 Å². The number of carbonyl (C=O) groups is 1. The Hall–Kier alpha value is -1.68. The summed E-state index contributed by atoms with van der Waals surface area (Å²) in [4.78, 5) is 10.3. The van der Waals surface area contributed by atoms with Crippen molar-refractivity contribution in [1.29, 1.82) is 0 Å². The first-order chi connectivity index (χ1) is 8.04. The molecule has 92 valence electrons. The summed E-state index contributed by atoms with van der Waals surface area (Å²) in [6.07, 6.45) is 2.61. The highest BCUT2D eigenvalue weighted by Gasteiger charge is 2.05. The molecule has 0 aromatic heterocycles. The van der Waals surface area contributed by atoms with Gasteiger partial charge in [0.1, 0.15) is 5.75 Å². The molecule has 0 aliphatic heterocycles. The van der Waals surface area contributed by atoms with Gasteiger partial charge >= 0.3 is 5.97 Å². The van der Waals surface area contributed by atoms with Gasteiger partial charge in [-0.15, -0.1) is 0 Å². The fraction of sp³-hybridized carbons (Fsp3) is 0.250. The van der Waals surface area contributed by atoms with Crippen LogP contribution in [0.5, 0.6) is 5.75 Å². The fourth-order valence-corrected chi connectivity index (χ4v) is 1.45. The second kappa shape index (κ2) is 6.15. The predicted octanol–water partition coefficient (Wildman–Crippen LogP) is 2.71. The van der Waals surface area contributed by atoms with E-state index in [0.29, 0.717) is 17.3 Å². The molecule has 0 unspecified atom stereocenters. The van der Waals surface area contributed by atoms with E-state index in [2.05, 4.69) is 5.32 Å². The van der Waals surface area contributed by atoms with E-state index < -0.39 is 5.97 Å². The van der Waals surface area contributed by atoms with Gasteiger partial charge in [-0.3, -0.25) is 0 Å². The van der Waals surface area contributed by atoms with Crippen molar-refractivity contribution >= 4 is 23.3 Å². The molecule has 0 aliphatic carbocycles. The van der Waals surface area contributed by atoms with E-state index in [-0.39, 0.29) is 0 Å². The van der Waals surface area contributed by atoms with E-state index >= 15 is 0 Å². The standard InChI is InChI=1S/C12H14ClNO3/c1-8-6-10(11(17-2)7-9(8)13)14-5-3-4-12(15)16/h3-4,6-7,14H,5H2,1-2H3,(H,15,16)/b4-3+. The maximum atomic E-state index is 10.3. The number of carboxylic acids is 1. The lowest BCUT2D eigenvalue weighted by Crippen LogP contribution is -2.02. The Balaban J connectivity index is 2.76. The molecule has 0 saturated heterocycles. The van der Waals surface area contributed by atoms with Gasteiger partial charge in [-0.2, -0.15) is 0 Å². The lowest BCUT2D eigenvalue weighted by molar-refractivity contribution is -0.131. The molecule has 0 spiro atoms. The van der Waals surface area contributed by atoms with Crippen molar-refractivity contribution in [2.45, 2.75) is 6.92 Å². The van der Waals surface area contributed by atoms with E-state index in [0.717, 1.165) is 17.3 Å². The van der Waals surface area contributed by atoms with Crippen LogP contribution >= 0.6 is 11.6 Å². The zero-order valence-electron chi connectivity index (χ0n) is 9.66. The number of aliphatic carboxylic acids is 1. The average molecular weight is 256 g/mol. The molecule has 1 rings (SSSR count). The van der Waals surface area contributed by atoms with Gasteiger partial charge in [-0.25, -0.2) is 4.79 Å². The molecule has 0 atom stereocenters. The summed E-state index contributed by atoms with van der Waals surface area (Å²) in [7, 11) is 1.55. The summed E-state index contributed by atoms with van der Waals surface area (Å²) in [5.74, 6) is -0.338. The highest BCUT2D eigenvalue weighted by atomic mass is 35.5. The van der Waals surface area contributed by atoms with Crippen LogP contribution in [0.15, 0.2) is 24.3 Å². The number of rotatable bonds is 5. The molecule has 0 radical (unpaired) electrons. The van der Waals surface area contributed by atoms with Gasteiger partial charge in [-0.05, 0) is 18.6 Å². The number of ether oxygens (including phenoxy) is 1. The van der Waals surface area contributed by atoms with Crippen LogP contribution in [0.2, 0.25) is 5.02 Å². The Bertz CT molecular complexity index is 444. The van der Waals surface area contributed by atoms with Gasteiger partial charge in [0.05, 0.1) is 12.8 Å². The van der Waals surface area contributed by atoms with Crippen molar-refractivity contribution in [3.63, 3.8) is 0 Å². The minimum absolute atomic E-state index is 0.406. The van der Waals surface area contributed by atoms with Crippen LogP contribution in [0.25, 0.3) is 0 Å².